The highest BCUT2D eigenvalue weighted by Gasteiger charge is 2.42. The van der Waals surface area contributed by atoms with E-state index in [1.165, 1.54) is 70.2 Å². The topological polar surface area (TPSA) is 16.4 Å². The van der Waals surface area contributed by atoms with Crippen LogP contribution in [-0.4, -0.2) is 0 Å². The van der Waals surface area contributed by atoms with Crippen LogP contribution in [0.4, 0.5) is 17.1 Å². The molecular weight excluding hydrogens is 699 g/mol. The number of rotatable bonds is 4. The lowest BCUT2D eigenvalue weighted by molar-refractivity contribution is 0.638. The lowest BCUT2D eigenvalue weighted by atomic mass is 9.74. The molecular formula is C53H37NOS. The first-order valence-corrected chi connectivity index (χ1v) is 20.3. The molecule has 0 saturated carbocycles. The largest absolute Gasteiger partial charge is 0.454 e. The molecule has 0 fully saturated rings. The van der Waals surface area contributed by atoms with Gasteiger partial charge in [-0.1, -0.05) is 147 Å². The van der Waals surface area contributed by atoms with Gasteiger partial charge in [0.05, 0.1) is 5.69 Å². The summed E-state index contributed by atoms with van der Waals surface area (Å²) in [4.78, 5) is 2.43. The zero-order valence-electron chi connectivity index (χ0n) is 31.4. The molecule has 2 heterocycles. The standard InChI is InChI=1S/C53H37NOS/c1-52(2)42-20-8-4-14-34(42)37-28-26-32(30-46(37)52)54(33-27-29-39-38-17-7-11-25-48(38)56-49(39)31-33)47-24-13-19-41-40-18-12-23-45(50(40)55-51(41)47)53(3)43-21-9-5-15-35(43)36-16-6-10-22-44(36)53/h4-31H,1-3H3. The van der Waals surface area contributed by atoms with E-state index in [-0.39, 0.29) is 10.8 Å². The molecule has 0 unspecified atom stereocenters. The number of fused-ring (bicyclic) bond motifs is 12. The molecule has 0 atom stereocenters. The minimum absolute atomic E-state index is 0.132. The lowest BCUT2D eigenvalue weighted by Crippen LogP contribution is -2.22. The second-order valence-electron chi connectivity index (χ2n) is 16.2. The predicted octanol–water partition coefficient (Wildman–Crippen LogP) is 15.1. The SMILES string of the molecule is CC1(C)c2ccccc2-c2ccc(N(c3ccc4c(c3)sc3ccccc34)c3cccc4c3oc3c(C5(C)c6ccccc6-c6ccccc65)cccc34)cc21. The molecule has 0 saturated heterocycles. The molecule has 0 amide bonds. The van der Waals surface area contributed by atoms with Crippen molar-refractivity contribution in [2.75, 3.05) is 4.90 Å². The van der Waals surface area contributed by atoms with Gasteiger partial charge in [-0.25, -0.2) is 0 Å². The first kappa shape index (κ1) is 31.9. The molecule has 56 heavy (non-hydrogen) atoms. The minimum atomic E-state index is -0.382. The Bertz CT molecular complexity index is 3220. The maximum Gasteiger partial charge on any atom is 0.159 e. The van der Waals surface area contributed by atoms with Crippen LogP contribution in [0, 0.1) is 0 Å². The monoisotopic (exact) mass is 735 g/mol. The summed E-state index contributed by atoms with van der Waals surface area (Å²) in [5, 5.41) is 4.84. The average molecular weight is 736 g/mol. The van der Waals surface area contributed by atoms with E-state index in [0.717, 1.165) is 39.0 Å². The first-order valence-electron chi connectivity index (χ1n) is 19.5. The molecule has 266 valence electrons. The van der Waals surface area contributed by atoms with Crippen LogP contribution in [0.3, 0.4) is 0 Å². The summed E-state index contributed by atoms with van der Waals surface area (Å²) in [5.74, 6) is 0. The Balaban J connectivity index is 1.11. The second-order valence-corrected chi connectivity index (χ2v) is 17.3. The van der Waals surface area contributed by atoms with Gasteiger partial charge in [0, 0.05) is 58.7 Å². The fourth-order valence-electron chi connectivity index (χ4n) is 10.2. The summed E-state index contributed by atoms with van der Waals surface area (Å²) < 4.78 is 9.90. The first-order chi connectivity index (χ1) is 27.4. The van der Waals surface area contributed by atoms with Crippen molar-refractivity contribution in [3.05, 3.63) is 198 Å². The van der Waals surface area contributed by atoms with Crippen LogP contribution in [0.25, 0.3) is 64.4 Å². The highest BCUT2D eigenvalue weighted by Crippen LogP contribution is 2.55. The van der Waals surface area contributed by atoms with Gasteiger partial charge in [-0.3, -0.25) is 0 Å². The van der Waals surface area contributed by atoms with Crippen molar-refractivity contribution in [2.45, 2.75) is 31.6 Å². The van der Waals surface area contributed by atoms with Crippen LogP contribution in [0.2, 0.25) is 0 Å². The third-order valence-corrected chi connectivity index (χ3v) is 14.1. The number of hydrogen-bond acceptors (Lipinski definition) is 3. The van der Waals surface area contributed by atoms with Crippen molar-refractivity contribution in [1.29, 1.82) is 0 Å². The number of para-hydroxylation sites is 2. The second kappa shape index (κ2) is 11.3. The molecule has 0 N–H and O–H groups in total. The van der Waals surface area contributed by atoms with E-state index in [0.29, 0.717) is 0 Å². The molecule has 0 aliphatic heterocycles. The van der Waals surface area contributed by atoms with Gasteiger partial charge >= 0.3 is 0 Å². The fourth-order valence-corrected chi connectivity index (χ4v) is 11.4. The van der Waals surface area contributed by atoms with Crippen molar-refractivity contribution in [1.82, 2.24) is 0 Å². The maximum atomic E-state index is 7.33. The molecule has 2 nitrogen and oxygen atoms in total. The molecule has 0 bridgehead atoms. The maximum absolute atomic E-state index is 7.33. The smallest absolute Gasteiger partial charge is 0.159 e. The van der Waals surface area contributed by atoms with Crippen molar-refractivity contribution in [3.8, 4) is 22.3 Å². The van der Waals surface area contributed by atoms with E-state index in [2.05, 4.69) is 196 Å². The minimum Gasteiger partial charge on any atom is -0.454 e. The Morgan fingerprint density at radius 2 is 0.946 bits per heavy atom. The Hall–Kier alpha value is -6.42. The fraction of sp³-hybridized carbons (Fsp3) is 0.0943. The van der Waals surface area contributed by atoms with Gasteiger partial charge in [-0.15, -0.1) is 11.3 Å². The molecule has 3 heteroatoms. The molecule has 12 rings (SSSR count). The number of thiophene rings is 1. The molecule has 2 aliphatic carbocycles. The van der Waals surface area contributed by atoms with E-state index < -0.39 is 0 Å². The van der Waals surface area contributed by atoms with Crippen molar-refractivity contribution in [2.24, 2.45) is 0 Å². The highest BCUT2D eigenvalue weighted by atomic mass is 32.1. The van der Waals surface area contributed by atoms with E-state index in [9.17, 15) is 0 Å². The molecule has 2 aromatic heterocycles. The molecule has 0 radical (unpaired) electrons. The average Bonchev–Trinajstić information content (AvgIpc) is 3.95. The van der Waals surface area contributed by atoms with Crippen LogP contribution < -0.4 is 4.90 Å². The van der Waals surface area contributed by atoms with Gasteiger partial charge in [0.25, 0.3) is 0 Å². The highest BCUT2D eigenvalue weighted by molar-refractivity contribution is 7.25. The van der Waals surface area contributed by atoms with Crippen LogP contribution in [0.5, 0.6) is 0 Å². The van der Waals surface area contributed by atoms with Crippen LogP contribution >= 0.6 is 11.3 Å². The predicted molar refractivity (Wildman–Crippen MR) is 236 cm³/mol. The van der Waals surface area contributed by atoms with Gasteiger partial charge < -0.3 is 9.32 Å². The summed E-state index contributed by atoms with van der Waals surface area (Å²) in [6.45, 7) is 7.09. The molecule has 8 aromatic carbocycles. The Kier molecular flexibility index (Phi) is 6.44. The summed E-state index contributed by atoms with van der Waals surface area (Å²) in [7, 11) is 0. The Labute approximate surface area is 329 Å². The van der Waals surface area contributed by atoms with Crippen molar-refractivity contribution < 1.29 is 4.42 Å². The summed E-state index contributed by atoms with van der Waals surface area (Å²) in [6.07, 6.45) is 0. The van der Waals surface area contributed by atoms with Gasteiger partial charge in [-0.05, 0) is 87.8 Å². The van der Waals surface area contributed by atoms with Gasteiger partial charge in [0.2, 0.25) is 0 Å². The number of nitrogens with zero attached hydrogens (tertiary/aromatic N) is 1. The Morgan fingerprint density at radius 3 is 1.71 bits per heavy atom. The quantitative estimate of drug-likeness (QED) is 0.179. The molecule has 2 aliphatic rings. The summed E-state index contributed by atoms with van der Waals surface area (Å²) in [6, 6.07) is 62.7. The molecule has 0 spiro atoms. The van der Waals surface area contributed by atoms with Crippen LogP contribution in [0.1, 0.15) is 48.6 Å². The lowest BCUT2D eigenvalue weighted by Gasteiger charge is -2.28. The van der Waals surface area contributed by atoms with Crippen molar-refractivity contribution >= 4 is 70.5 Å². The van der Waals surface area contributed by atoms with Crippen LogP contribution in [-0.2, 0) is 10.8 Å². The van der Waals surface area contributed by atoms with E-state index in [4.69, 9.17) is 4.42 Å². The number of hydrogen-bond donors (Lipinski definition) is 0. The Morgan fingerprint density at radius 1 is 0.411 bits per heavy atom. The van der Waals surface area contributed by atoms with Crippen molar-refractivity contribution in [3.63, 3.8) is 0 Å². The van der Waals surface area contributed by atoms with Gasteiger partial charge in [0.15, 0.2) is 5.58 Å². The zero-order valence-corrected chi connectivity index (χ0v) is 32.2. The van der Waals surface area contributed by atoms with Gasteiger partial charge in [-0.2, -0.15) is 0 Å². The number of furan rings is 1. The number of benzene rings is 8. The normalized spacial score (nSPS) is 14.6. The van der Waals surface area contributed by atoms with E-state index >= 15 is 0 Å². The van der Waals surface area contributed by atoms with Crippen LogP contribution in [0.15, 0.2) is 174 Å². The summed E-state index contributed by atoms with van der Waals surface area (Å²) >= 11 is 1.86. The van der Waals surface area contributed by atoms with E-state index in [1.54, 1.807) is 0 Å². The third kappa shape index (κ3) is 4.16. The zero-order chi connectivity index (χ0) is 37.3. The van der Waals surface area contributed by atoms with E-state index in [1.807, 2.05) is 11.3 Å². The number of anilines is 3. The summed E-state index contributed by atoms with van der Waals surface area (Å²) in [5.41, 5.74) is 16.3. The molecule has 10 aromatic rings. The van der Waals surface area contributed by atoms with Gasteiger partial charge in [0.1, 0.15) is 5.58 Å². The third-order valence-electron chi connectivity index (χ3n) is 13.0.